The molecule has 0 aliphatic carbocycles. The summed E-state index contributed by atoms with van der Waals surface area (Å²) in [7, 11) is 2.10. The van der Waals surface area contributed by atoms with E-state index in [1.54, 1.807) is 12.1 Å². The first-order valence-electron chi connectivity index (χ1n) is 11.9. The van der Waals surface area contributed by atoms with Crippen molar-refractivity contribution < 1.29 is 13.7 Å². The third-order valence-corrected chi connectivity index (χ3v) is 6.65. The van der Waals surface area contributed by atoms with Crippen LogP contribution in [0.2, 0.25) is 0 Å². The number of nitrogens with zero attached hydrogens (tertiary/aromatic N) is 4. The minimum absolute atomic E-state index is 0.0179. The van der Waals surface area contributed by atoms with Crippen LogP contribution < -0.4 is 4.90 Å². The topological polar surface area (TPSA) is 52.8 Å². The number of rotatable bonds is 7. The number of likely N-dealkylation sites (N-methyl/N-ethyl adjacent to an activating group) is 1. The fraction of sp³-hybridized carbons (Fsp3) is 0.407. The highest BCUT2D eigenvalue weighted by Crippen LogP contribution is 2.34. The lowest BCUT2D eigenvalue weighted by Gasteiger charge is -2.33. The second-order valence-corrected chi connectivity index (χ2v) is 9.17. The predicted molar refractivity (Wildman–Crippen MR) is 132 cm³/mol. The second kappa shape index (κ2) is 10.4. The van der Waals surface area contributed by atoms with E-state index in [0.29, 0.717) is 23.7 Å². The van der Waals surface area contributed by atoms with Crippen molar-refractivity contribution >= 4 is 11.8 Å². The van der Waals surface area contributed by atoms with Gasteiger partial charge in [-0.3, -0.25) is 4.79 Å². The molecule has 180 valence electrons. The molecule has 6 nitrogen and oxygen atoms in total. The van der Waals surface area contributed by atoms with E-state index in [4.69, 9.17) is 4.52 Å². The van der Waals surface area contributed by atoms with Gasteiger partial charge in [0, 0.05) is 43.3 Å². The maximum absolute atomic E-state index is 13.7. The van der Waals surface area contributed by atoms with Crippen LogP contribution in [0, 0.1) is 12.7 Å². The summed E-state index contributed by atoms with van der Waals surface area (Å²) in [6.07, 6.45) is 0.818. The van der Waals surface area contributed by atoms with Gasteiger partial charge < -0.3 is 19.2 Å². The molecule has 1 aliphatic heterocycles. The molecule has 7 heteroatoms. The summed E-state index contributed by atoms with van der Waals surface area (Å²) in [5.41, 5.74) is 4.00. The normalized spacial score (nSPS) is 15.4. The van der Waals surface area contributed by atoms with E-state index in [1.807, 2.05) is 36.1 Å². The van der Waals surface area contributed by atoms with Crippen LogP contribution >= 0.6 is 0 Å². The van der Waals surface area contributed by atoms with Gasteiger partial charge in [0.2, 0.25) is 5.88 Å². The highest BCUT2D eigenvalue weighted by atomic mass is 19.1. The van der Waals surface area contributed by atoms with Gasteiger partial charge in [0.05, 0.1) is 12.1 Å². The lowest BCUT2D eigenvalue weighted by Crippen LogP contribution is -2.45. The van der Waals surface area contributed by atoms with Crippen LogP contribution in [0.25, 0.3) is 11.3 Å². The van der Waals surface area contributed by atoms with E-state index in [1.165, 1.54) is 12.1 Å². The van der Waals surface area contributed by atoms with Gasteiger partial charge in [0.1, 0.15) is 11.5 Å². The van der Waals surface area contributed by atoms with Crippen molar-refractivity contribution in [1.82, 2.24) is 15.0 Å². The van der Waals surface area contributed by atoms with E-state index in [2.05, 4.69) is 35.9 Å². The summed E-state index contributed by atoms with van der Waals surface area (Å²) in [6.45, 7) is 9.97. The van der Waals surface area contributed by atoms with Crippen molar-refractivity contribution in [1.29, 1.82) is 0 Å². The van der Waals surface area contributed by atoms with Crippen LogP contribution in [-0.2, 0) is 6.54 Å². The number of anilines is 1. The SMILES string of the molecule is CCC(C)N(Cc1c(-c2ccc(F)cc2)noc1N1CCN(C)CC1)C(=O)c1cccc(C)c1. The number of piperazine rings is 1. The Labute approximate surface area is 200 Å². The Kier molecular flexibility index (Phi) is 7.32. The molecule has 1 atom stereocenters. The number of benzene rings is 2. The molecule has 3 aromatic rings. The summed E-state index contributed by atoms with van der Waals surface area (Å²) >= 11 is 0. The molecular formula is C27H33FN4O2. The Balaban J connectivity index is 1.75. The molecular weight excluding hydrogens is 431 g/mol. The van der Waals surface area contributed by atoms with Crippen LogP contribution in [0.1, 0.15) is 41.8 Å². The molecule has 1 fully saturated rings. The number of aryl methyl sites for hydroxylation is 1. The van der Waals surface area contributed by atoms with Crippen molar-refractivity contribution in [3.8, 4) is 11.3 Å². The first-order chi connectivity index (χ1) is 16.4. The van der Waals surface area contributed by atoms with Crippen molar-refractivity contribution in [2.24, 2.45) is 0 Å². The average molecular weight is 465 g/mol. The maximum atomic E-state index is 13.7. The van der Waals surface area contributed by atoms with Gasteiger partial charge in [-0.15, -0.1) is 0 Å². The molecule has 2 aromatic carbocycles. The minimum Gasteiger partial charge on any atom is -0.338 e. The molecule has 1 unspecified atom stereocenters. The van der Waals surface area contributed by atoms with Crippen molar-refractivity contribution in [3.05, 3.63) is 71.0 Å². The fourth-order valence-corrected chi connectivity index (χ4v) is 4.30. The number of carbonyl (C=O) groups excluding carboxylic acids is 1. The summed E-state index contributed by atoms with van der Waals surface area (Å²) in [5, 5.41) is 4.40. The minimum atomic E-state index is -0.302. The molecule has 1 aliphatic rings. The summed E-state index contributed by atoms with van der Waals surface area (Å²) in [5.74, 6) is 0.371. The molecule has 0 bridgehead atoms. The summed E-state index contributed by atoms with van der Waals surface area (Å²) in [4.78, 5) is 20.0. The maximum Gasteiger partial charge on any atom is 0.254 e. The average Bonchev–Trinajstić information content (AvgIpc) is 3.26. The number of hydrogen-bond acceptors (Lipinski definition) is 5. The van der Waals surface area contributed by atoms with E-state index in [0.717, 1.165) is 49.3 Å². The Morgan fingerprint density at radius 3 is 2.50 bits per heavy atom. The van der Waals surface area contributed by atoms with E-state index in [9.17, 15) is 9.18 Å². The molecule has 1 aromatic heterocycles. The van der Waals surface area contributed by atoms with Crippen LogP contribution in [0.15, 0.2) is 53.1 Å². The van der Waals surface area contributed by atoms with E-state index >= 15 is 0 Å². The van der Waals surface area contributed by atoms with Crippen molar-refractivity contribution in [3.63, 3.8) is 0 Å². The zero-order valence-electron chi connectivity index (χ0n) is 20.4. The molecule has 1 saturated heterocycles. The number of aromatic nitrogens is 1. The third kappa shape index (κ3) is 5.14. The number of carbonyl (C=O) groups is 1. The van der Waals surface area contributed by atoms with Gasteiger partial charge in [-0.2, -0.15) is 0 Å². The summed E-state index contributed by atoms with van der Waals surface area (Å²) in [6, 6.07) is 14.0. The first kappa shape index (κ1) is 24.0. The Morgan fingerprint density at radius 1 is 1.15 bits per heavy atom. The lowest BCUT2D eigenvalue weighted by atomic mass is 10.0. The molecule has 2 heterocycles. The number of amides is 1. The first-order valence-corrected chi connectivity index (χ1v) is 11.9. The molecule has 0 radical (unpaired) electrons. The van der Waals surface area contributed by atoms with Crippen LogP contribution in [0.3, 0.4) is 0 Å². The zero-order chi connectivity index (χ0) is 24.2. The highest BCUT2D eigenvalue weighted by molar-refractivity contribution is 5.94. The van der Waals surface area contributed by atoms with Gasteiger partial charge in [-0.25, -0.2) is 4.39 Å². The second-order valence-electron chi connectivity index (χ2n) is 9.17. The largest absolute Gasteiger partial charge is 0.338 e. The van der Waals surface area contributed by atoms with Gasteiger partial charge >= 0.3 is 0 Å². The van der Waals surface area contributed by atoms with Gasteiger partial charge in [0.15, 0.2) is 0 Å². The lowest BCUT2D eigenvalue weighted by molar-refractivity contribution is 0.0672. The van der Waals surface area contributed by atoms with E-state index in [-0.39, 0.29) is 17.8 Å². The molecule has 0 N–H and O–H groups in total. The quantitative estimate of drug-likeness (QED) is 0.494. The number of hydrogen-bond donors (Lipinski definition) is 0. The Morgan fingerprint density at radius 2 is 1.85 bits per heavy atom. The zero-order valence-corrected chi connectivity index (χ0v) is 20.4. The molecule has 0 spiro atoms. The van der Waals surface area contributed by atoms with Gasteiger partial charge in [0.25, 0.3) is 5.91 Å². The third-order valence-electron chi connectivity index (χ3n) is 6.65. The van der Waals surface area contributed by atoms with Crippen LogP contribution in [-0.4, -0.2) is 60.1 Å². The predicted octanol–water partition coefficient (Wildman–Crippen LogP) is 4.98. The van der Waals surface area contributed by atoms with E-state index < -0.39 is 0 Å². The fourth-order valence-electron chi connectivity index (χ4n) is 4.30. The van der Waals surface area contributed by atoms with Crippen molar-refractivity contribution in [2.75, 3.05) is 38.1 Å². The van der Waals surface area contributed by atoms with Crippen molar-refractivity contribution in [2.45, 2.75) is 39.8 Å². The smallest absolute Gasteiger partial charge is 0.254 e. The molecule has 0 saturated carbocycles. The molecule has 4 rings (SSSR count). The number of halogens is 1. The monoisotopic (exact) mass is 464 g/mol. The van der Waals surface area contributed by atoms with Gasteiger partial charge in [-0.1, -0.05) is 29.8 Å². The molecule has 34 heavy (non-hydrogen) atoms. The summed E-state index contributed by atoms with van der Waals surface area (Å²) < 4.78 is 19.5. The Hall–Kier alpha value is -3.19. The highest BCUT2D eigenvalue weighted by Gasteiger charge is 2.29. The molecule has 1 amide bonds. The van der Waals surface area contributed by atoms with Gasteiger partial charge in [-0.05, 0) is 63.7 Å². The Bertz CT molecular complexity index is 1120. The van der Waals surface area contributed by atoms with Crippen LogP contribution in [0.5, 0.6) is 0 Å². The van der Waals surface area contributed by atoms with Crippen LogP contribution in [0.4, 0.5) is 10.3 Å². The standard InChI is InChI=1S/C27H33FN4O2/c1-5-20(3)32(26(33)22-8-6-7-19(2)17-22)18-24-25(21-9-11-23(28)12-10-21)29-34-27(24)31-15-13-30(4)14-16-31/h6-12,17,20H,5,13-16,18H2,1-4H3.